The molecule has 2 aromatic carbocycles. The number of primary sulfonamides is 1. The fourth-order valence-corrected chi connectivity index (χ4v) is 2.81. The van der Waals surface area contributed by atoms with Crippen LogP contribution in [0.2, 0.25) is 5.02 Å². The van der Waals surface area contributed by atoms with Crippen molar-refractivity contribution in [3.8, 4) is 0 Å². The predicted molar refractivity (Wildman–Crippen MR) is 99.5 cm³/mol. The molecular formula is C17H18ClN3O4S. The van der Waals surface area contributed by atoms with Gasteiger partial charge >= 0.3 is 0 Å². The van der Waals surface area contributed by atoms with Crippen molar-refractivity contribution >= 4 is 39.1 Å². The fraction of sp³-hybridized carbons (Fsp3) is 0.176. The topological polar surface area (TPSA) is 118 Å². The van der Waals surface area contributed by atoms with E-state index in [0.717, 1.165) is 0 Å². The van der Waals surface area contributed by atoms with E-state index >= 15 is 0 Å². The van der Waals surface area contributed by atoms with Gasteiger partial charge in [-0.15, -0.1) is 0 Å². The second kappa shape index (κ2) is 8.79. The maximum atomic E-state index is 11.9. The minimum atomic E-state index is -3.83. The van der Waals surface area contributed by atoms with Crippen molar-refractivity contribution in [2.75, 3.05) is 11.9 Å². The quantitative estimate of drug-likeness (QED) is 0.622. The van der Waals surface area contributed by atoms with E-state index in [1.807, 2.05) is 0 Å². The molecule has 7 nitrogen and oxygen atoms in total. The first-order valence-electron chi connectivity index (χ1n) is 7.72. The van der Waals surface area contributed by atoms with Gasteiger partial charge in [0.05, 0.1) is 4.90 Å². The number of nitrogens with one attached hydrogen (secondary N) is 2. The summed E-state index contributed by atoms with van der Waals surface area (Å²) in [7, 11) is -3.83. The Labute approximate surface area is 156 Å². The largest absolute Gasteiger partial charge is 0.352 e. The normalized spacial score (nSPS) is 11.0. The minimum Gasteiger partial charge on any atom is -0.352 e. The predicted octanol–water partition coefficient (Wildman–Crippen LogP) is 2.14. The van der Waals surface area contributed by atoms with E-state index in [1.54, 1.807) is 30.3 Å². The number of halogens is 1. The second-order valence-electron chi connectivity index (χ2n) is 5.49. The van der Waals surface area contributed by atoms with E-state index in [1.165, 1.54) is 18.2 Å². The molecule has 0 saturated heterocycles. The Bertz CT molecular complexity index is 898. The molecule has 0 aliphatic carbocycles. The second-order valence-corrected chi connectivity index (χ2v) is 7.49. The number of anilines is 1. The molecule has 0 radical (unpaired) electrons. The third kappa shape index (κ3) is 6.14. The molecule has 0 aliphatic heterocycles. The smallest absolute Gasteiger partial charge is 0.251 e. The van der Waals surface area contributed by atoms with E-state index in [2.05, 4.69) is 10.6 Å². The van der Waals surface area contributed by atoms with Crippen LogP contribution in [0.4, 0.5) is 5.69 Å². The Balaban J connectivity index is 1.77. The van der Waals surface area contributed by atoms with E-state index < -0.39 is 10.0 Å². The van der Waals surface area contributed by atoms with Crippen molar-refractivity contribution in [1.29, 1.82) is 0 Å². The van der Waals surface area contributed by atoms with Crippen LogP contribution in [-0.2, 0) is 14.8 Å². The molecule has 9 heteroatoms. The van der Waals surface area contributed by atoms with Gasteiger partial charge in [-0.25, -0.2) is 13.6 Å². The molecule has 138 valence electrons. The first kappa shape index (κ1) is 19.9. The molecule has 0 spiro atoms. The SMILES string of the molecule is NS(=O)(=O)c1cccc(NC(=O)CCCNC(=O)c2ccc(Cl)cc2)c1. The van der Waals surface area contributed by atoms with E-state index in [9.17, 15) is 18.0 Å². The molecular weight excluding hydrogens is 378 g/mol. The molecule has 2 amide bonds. The molecule has 4 N–H and O–H groups in total. The molecule has 0 unspecified atom stereocenters. The lowest BCUT2D eigenvalue weighted by atomic mass is 10.2. The number of hydrogen-bond donors (Lipinski definition) is 3. The number of nitrogens with two attached hydrogens (primary N) is 1. The van der Waals surface area contributed by atoms with Gasteiger partial charge in [-0.2, -0.15) is 0 Å². The molecule has 2 aromatic rings. The summed E-state index contributed by atoms with van der Waals surface area (Å²) < 4.78 is 22.6. The summed E-state index contributed by atoms with van der Waals surface area (Å²) in [5.74, 6) is -0.541. The summed E-state index contributed by atoms with van der Waals surface area (Å²) in [6, 6.07) is 12.2. The Kier molecular flexibility index (Phi) is 6.73. The third-order valence-corrected chi connectivity index (χ3v) is 4.58. The van der Waals surface area contributed by atoms with Crippen molar-refractivity contribution in [3.63, 3.8) is 0 Å². The lowest BCUT2D eigenvalue weighted by Gasteiger charge is -2.08. The van der Waals surface area contributed by atoms with Crippen LogP contribution in [0.3, 0.4) is 0 Å². The average molecular weight is 396 g/mol. The number of hydrogen-bond acceptors (Lipinski definition) is 4. The first-order valence-corrected chi connectivity index (χ1v) is 9.64. The van der Waals surface area contributed by atoms with Gasteiger partial charge in [-0.05, 0) is 48.9 Å². The number of carbonyl (C=O) groups is 2. The Morgan fingerprint density at radius 2 is 1.77 bits per heavy atom. The van der Waals surface area contributed by atoms with Crippen LogP contribution in [0.15, 0.2) is 53.4 Å². The van der Waals surface area contributed by atoms with Gasteiger partial charge in [-0.3, -0.25) is 9.59 Å². The zero-order valence-corrected chi connectivity index (χ0v) is 15.3. The molecule has 0 aliphatic rings. The highest BCUT2D eigenvalue weighted by Crippen LogP contribution is 2.14. The zero-order valence-electron chi connectivity index (χ0n) is 13.7. The highest BCUT2D eigenvalue weighted by atomic mass is 35.5. The van der Waals surface area contributed by atoms with Gasteiger partial charge in [0.2, 0.25) is 15.9 Å². The summed E-state index contributed by atoms with van der Waals surface area (Å²) in [4.78, 5) is 23.7. The molecule has 0 fully saturated rings. The van der Waals surface area contributed by atoms with Gasteiger partial charge in [-0.1, -0.05) is 17.7 Å². The van der Waals surface area contributed by atoms with Gasteiger partial charge < -0.3 is 10.6 Å². The lowest BCUT2D eigenvalue weighted by Crippen LogP contribution is -2.25. The molecule has 2 rings (SSSR count). The van der Waals surface area contributed by atoms with Crippen LogP contribution >= 0.6 is 11.6 Å². The highest BCUT2D eigenvalue weighted by Gasteiger charge is 2.10. The van der Waals surface area contributed by atoms with Gasteiger partial charge in [0, 0.05) is 29.2 Å². The summed E-state index contributed by atoms with van der Waals surface area (Å²) in [5, 5.41) is 10.9. The summed E-state index contributed by atoms with van der Waals surface area (Å²) in [6.45, 7) is 0.325. The molecule has 0 heterocycles. The van der Waals surface area contributed by atoms with Crippen molar-refractivity contribution in [1.82, 2.24) is 5.32 Å². The van der Waals surface area contributed by atoms with Crippen molar-refractivity contribution in [3.05, 3.63) is 59.1 Å². The number of carbonyl (C=O) groups excluding carboxylic acids is 2. The fourth-order valence-electron chi connectivity index (χ4n) is 2.13. The van der Waals surface area contributed by atoms with E-state index in [-0.39, 0.29) is 23.1 Å². The number of rotatable bonds is 7. The Morgan fingerprint density at radius 3 is 2.42 bits per heavy atom. The van der Waals surface area contributed by atoms with E-state index in [4.69, 9.17) is 16.7 Å². The Morgan fingerprint density at radius 1 is 1.08 bits per heavy atom. The van der Waals surface area contributed by atoms with Crippen LogP contribution in [0, 0.1) is 0 Å². The van der Waals surface area contributed by atoms with Crippen LogP contribution in [0.5, 0.6) is 0 Å². The summed E-state index contributed by atoms with van der Waals surface area (Å²) in [5.41, 5.74) is 0.824. The minimum absolute atomic E-state index is 0.0782. The van der Waals surface area contributed by atoms with Crippen molar-refractivity contribution in [2.45, 2.75) is 17.7 Å². The van der Waals surface area contributed by atoms with Crippen LogP contribution in [0.25, 0.3) is 0 Å². The lowest BCUT2D eigenvalue weighted by molar-refractivity contribution is -0.116. The number of sulfonamides is 1. The number of amides is 2. The maximum Gasteiger partial charge on any atom is 0.251 e. The molecule has 26 heavy (non-hydrogen) atoms. The van der Waals surface area contributed by atoms with Crippen LogP contribution < -0.4 is 15.8 Å². The van der Waals surface area contributed by atoms with E-state index in [0.29, 0.717) is 29.2 Å². The van der Waals surface area contributed by atoms with Crippen molar-refractivity contribution in [2.24, 2.45) is 5.14 Å². The van der Waals surface area contributed by atoms with Crippen molar-refractivity contribution < 1.29 is 18.0 Å². The van der Waals surface area contributed by atoms with Gasteiger partial charge in [0.1, 0.15) is 0 Å². The Hall–Kier alpha value is -2.42. The van der Waals surface area contributed by atoms with Gasteiger partial charge in [0.15, 0.2) is 0 Å². The standard InChI is InChI=1S/C17H18ClN3O4S/c18-13-8-6-12(7-9-13)17(23)20-10-2-5-16(22)21-14-3-1-4-15(11-14)26(19,24)25/h1,3-4,6-9,11H,2,5,10H2,(H,20,23)(H,21,22)(H2,19,24,25). The highest BCUT2D eigenvalue weighted by molar-refractivity contribution is 7.89. The molecule has 0 saturated carbocycles. The molecule has 0 bridgehead atoms. The number of benzene rings is 2. The average Bonchev–Trinajstić information content (AvgIpc) is 2.58. The van der Waals surface area contributed by atoms with Crippen LogP contribution in [-0.4, -0.2) is 26.8 Å². The zero-order chi connectivity index (χ0) is 19.2. The summed E-state index contributed by atoms with van der Waals surface area (Å²) >= 11 is 5.76. The third-order valence-electron chi connectivity index (χ3n) is 3.42. The summed E-state index contributed by atoms with van der Waals surface area (Å²) in [6.07, 6.45) is 0.598. The molecule has 0 aromatic heterocycles. The first-order chi connectivity index (χ1) is 12.3. The van der Waals surface area contributed by atoms with Crippen LogP contribution in [0.1, 0.15) is 23.2 Å². The van der Waals surface area contributed by atoms with Gasteiger partial charge in [0.25, 0.3) is 5.91 Å². The maximum absolute atomic E-state index is 11.9. The monoisotopic (exact) mass is 395 g/mol. The molecule has 0 atom stereocenters.